The van der Waals surface area contributed by atoms with Gasteiger partial charge in [-0.25, -0.2) is 0 Å². The van der Waals surface area contributed by atoms with Gasteiger partial charge in [0, 0.05) is 32.1 Å². The summed E-state index contributed by atoms with van der Waals surface area (Å²) in [6.07, 6.45) is 9.07. The average Bonchev–Trinajstić information content (AvgIpc) is 2.83. The number of nitrogens with one attached hydrogen (secondary N) is 1. The molecule has 1 aliphatic rings. The lowest BCUT2D eigenvalue weighted by Crippen LogP contribution is -2.41. The highest BCUT2D eigenvalue weighted by molar-refractivity contribution is 5.78. The van der Waals surface area contributed by atoms with Gasteiger partial charge < -0.3 is 10.2 Å². The Morgan fingerprint density at radius 2 is 1.96 bits per heavy atom. The van der Waals surface area contributed by atoms with Gasteiger partial charge >= 0.3 is 0 Å². The highest BCUT2D eigenvalue weighted by atomic mass is 16.2. The van der Waals surface area contributed by atoms with Crippen LogP contribution in [-0.4, -0.2) is 34.3 Å². The maximum atomic E-state index is 12.0. The Kier molecular flexibility index (Phi) is 7.04. The van der Waals surface area contributed by atoms with E-state index in [1.165, 1.54) is 25.7 Å². The van der Waals surface area contributed by atoms with Gasteiger partial charge in [0.15, 0.2) is 0 Å². The fraction of sp³-hybridized carbons (Fsp3) is 0.611. The number of carbonyl (C=O) groups is 2. The molecule has 1 heterocycles. The molecule has 1 fully saturated rings. The van der Waals surface area contributed by atoms with Crippen LogP contribution in [0.3, 0.4) is 0 Å². The van der Waals surface area contributed by atoms with Crippen LogP contribution in [0.1, 0.15) is 57.6 Å². The first kappa shape index (κ1) is 17.4. The molecule has 0 bridgehead atoms. The monoisotopic (exact) mass is 317 g/mol. The van der Waals surface area contributed by atoms with Crippen molar-refractivity contribution in [3.05, 3.63) is 30.1 Å². The summed E-state index contributed by atoms with van der Waals surface area (Å²) in [5.74, 6) is 0.0463. The summed E-state index contributed by atoms with van der Waals surface area (Å²) < 4.78 is 0. The minimum atomic E-state index is -0.0319. The molecule has 1 aliphatic carbocycles. The van der Waals surface area contributed by atoms with Crippen LogP contribution in [0.25, 0.3) is 0 Å². The molecule has 0 atom stereocenters. The molecule has 5 nitrogen and oxygen atoms in total. The average molecular weight is 317 g/mol. The maximum absolute atomic E-state index is 12.0. The highest BCUT2D eigenvalue weighted by Gasteiger charge is 2.22. The predicted octanol–water partition coefficient (Wildman–Crippen LogP) is 2.66. The van der Waals surface area contributed by atoms with E-state index in [0.717, 1.165) is 18.5 Å². The maximum Gasteiger partial charge on any atom is 0.222 e. The van der Waals surface area contributed by atoms with Crippen LogP contribution in [0.15, 0.2) is 24.4 Å². The van der Waals surface area contributed by atoms with Gasteiger partial charge in [0.05, 0.1) is 12.2 Å². The van der Waals surface area contributed by atoms with E-state index in [0.29, 0.717) is 25.6 Å². The summed E-state index contributed by atoms with van der Waals surface area (Å²) in [7, 11) is 0. The smallest absolute Gasteiger partial charge is 0.222 e. The van der Waals surface area contributed by atoms with Crippen molar-refractivity contribution >= 4 is 11.8 Å². The summed E-state index contributed by atoms with van der Waals surface area (Å²) in [6, 6.07) is 5.94. The SMILES string of the molecule is CC(=O)N(CCC(=O)NCc1ccccn1)C1CCCCCC1. The molecule has 0 aliphatic heterocycles. The van der Waals surface area contributed by atoms with Gasteiger partial charge in [0.25, 0.3) is 0 Å². The van der Waals surface area contributed by atoms with Crippen molar-refractivity contribution in [2.75, 3.05) is 6.54 Å². The fourth-order valence-electron chi connectivity index (χ4n) is 3.17. The molecule has 5 heteroatoms. The lowest BCUT2D eigenvalue weighted by molar-refractivity contribution is -0.132. The van der Waals surface area contributed by atoms with E-state index in [4.69, 9.17) is 0 Å². The minimum absolute atomic E-state index is 0.0319. The predicted molar refractivity (Wildman–Crippen MR) is 89.6 cm³/mol. The van der Waals surface area contributed by atoms with E-state index in [1.54, 1.807) is 13.1 Å². The first-order chi connectivity index (χ1) is 11.2. The van der Waals surface area contributed by atoms with Crippen LogP contribution >= 0.6 is 0 Å². The first-order valence-electron chi connectivity index (χ1n) is 8.60. The molecule has 126 valence electrons. The number of carbonyl (C=O) groups excluding carboxylic acids is 2. The molecule has 1 aromatic heterocycles. The Balaban J connectivity index is 1.78. The number of rotatable bonds is 6. The molecule has 1 aromatic rings. The topological polar surface area (TPSA) is 62.3 Å². The van der Waals surface area contributed by atoms with Crippen LogP contribution in [0.4, 0.5) is 0 Å². The normalized spacial score (nSPS) is 15.7. The van der Waals surface area contributed by atoms with E-state index in [-0.39, 0.29) is 11.8 Å². The van der Waals surface area contributed by atoms with Gasteiger partial charge in [0.1, 0.15) is 0 Å². The van der Waals surface area contributed by atoms with Gasteiger partial charge in [-0.05, 0) is 25.0 Å². The standard InChI is InChI=1S/C18H27N3O2/c1-15(22)21(17-9-4-2-3-5-10-17)13-11-18(23)20-14-16-8-6-7-12-19-16/h6-8,12,17H,2-5,9-11,13-14H2,1H3,(H,20,23). The van der Waals surface area contributed by atoms with Crippen molar-refractivity contribution in [3.8, 4) is 0 Å². The van der Waals surface area contributed by atoms with Crippen LogP contribution in [0, 0.1) is 0 Å². The molecule has 0 unspecified atom stereocenters. The third-order valence-electron chi connectivity index (χ3n) is 4.44. The van der Waals surface area contributed by atoms with Gasteiger partial charge in [-0.2, -0.15) is 0 Å². The van der Waals surface area contributed by atoms with Gasteiger partial charge in [-0.1, -0.05) is 31.7 Å². The number of nitrogens with zero attached hydrogens (tertiary/aromatic N) is 2. The zero-order valence-electron chi connectivity index (χ0n) is 14.0. The van der Waals surface area contributed by atoms with Crippen molar-refractivity contribution in [3.63, 3.8) is 0 Å². The molecule has 0 saturated heterocycles. The molecule has 2 rings (SSSR count). The summed E-state index contributed by atoms with van der Waals surface area (Å²) in [4.78, 5) is 30.0. The molecule has 2 amide bonds. The molecular formula is C18H27N3O2. The fourth-order valence-corrected chi connectivity index (χ4v) is 3.17. The lowest BCUT2D eigenvalue weighted by atomic mass is 10.1. The number of aromatic nitrogens is 1. The molecule has 23 heavy (non-hydrogen) atoms. The molecule has 0 spiro atoms. The summed E-state index contributed by atoms with van der Waals surface area (Å²) in [5.41, 5.74) is 0.841. The van der Waals surface area contributed by atoms with E-state index in [9.17, 15) is 9.59 Å². The quantitative estimate of drug-likeness (QED) is 0.821. The summed E-state index contributed by atoms with van der Waals surface area (Å²) in [6.45, 7) is 2.55. The third-order valence-corrected chi connectivity index (χ3v) is 4.44. The van der Waals surface area contributed by atoms with Crippen LogP contribution in [0.2, 0.25) is 0 Å². The highest BCUT2D eigenvalue weighted by Crippen LogP contribution is 2.22. The van der Waals surface area contributed by atoms with Crippen molar-refractivity contribution in [2.24, 2.45) is 0 Å². The molecular weight excluding hydrogens is 290 g/mol. The summed E-state index contributed by atoms with van der Waals surface area (Å²) >= 11 is 0. The summed E-state index contributed by atoms with van der Waals surface area (Å²) in [5, 5.41) is 2.87. The molecule has 0 aromatic carbocycles. The number of hydrogen-bond donors (Lipinski definition) is 1. The second-order valence-electron chi connectivity index (χ2n) is 6.21. The largest absolute Gasteiger partial charge is 0.350 e. The van der Waals surface area contributed by atoms with Crippen LogP contribution in [0.5, 0.6) is 0 Å². The number of amides is 2. The van der Waals surface area contributed by atoms with Gasteiger partial charge in [0.2, 0.25) is 11.8 Å². The Morgan fingerprint density at radius 1 is 1.22 bits per heavy atom. The second-order valence-corrected chi connectivity index (χ2v) is 6.21. The Morgan fingerprint density at radius 3 is 2.57 bits per heavy atom. The van der Waals surface area contributed by atoms with Crippen molar-refractivity contribution in [1.82, 2.24) is 15.2 Å². The minimum Gasteiger partial charge on any atom is -0.350 e. The van der Waals surface area contributed by atoms with Gasteiger partial charge in [-0.15, -0.1) is 0 Å². The van der Waals surface area contributed by atoms with Crippen molar-refractivity contribution in [2.45, 2.75) is 64.5 Å². The third kappa shape index (κ3) is 6.00. The van der Waals surface area contributed by atoms with E-state index >= 15 is 0 Å². The molecule has 0 radical (unpaired) electrons. The second kappa shape index (κ2) is 9.28. The van der Waals surface area contributed by atoms with Crippen LogP contribution < -0.4 is 5.32 Å². The lowest BCUT2D eigenvalue weighted by Gasteiger charge is -2.30. The van der Waals surface area contributed by atoms with E-state index in [1.807, 2.05) is 23.1 Å². The zero-order chi connectivity index (χ0) is 16.5. The van der Waals surface area contributed by atoms with E-state index in [2.05, 4.69) is 10.3 Å². The Labute approximate surface area is 138 Å². The van der Waals surface area contributed by atoms with Crippen molar-refractivity contribution < 1.29 is 9.59 Å². The van der Waals surface area contributed by atoms with Crippen LogP contribution in [-0.2, 0) is 16.1 Å². The first-order valence-corrected chi connectivity index (χ1v) is 8.60. The zero-order valence-corrected chi connectivity index (χ0v) is 14.0. The number of hydrogen-bond acceptors (Lipinski definition) is 3. The molecule has 1 saturated carbocycles. The van der Waals surface area contributed by atoms with E-state index < -0.39 is 0 Å². The molecule has 1 N–H and O–H groups in total. The Bertz CT molecular complexity index is 496. The Hall–Kier alpha value is -1.91. The van der Waals surface area contributed by atoms with Gasteiger partial charge in [-0.3, -0.25) is 14.6 Å². The van der Waals surface area contributed by atoms with Crippen molar-refractivity contribution in [1.29, 1.82) is 0 Å². The number of pyridine rings is 1.